The Hall–Kier alpha value is -2.27. The smallest absolute Gasteiger partial charge is 0.315 e. The van der Waals surface area contributed by atoms with Crippen molar-refractivity contribution in [3.8, 4) is 0 Å². The fraction of sp³-hybridized carbons (Fsp3) is 0.389. The summed E-state index contributed by atoms with van der Waals surface area (Å²) in [5, 5.41) is 15.7. The van der Waals surface area contributed by atoms with Crippen molar-refractivity contribution in [1.82, 2.24) is 10.6 Å². The number of carbonyl (C=O) groups excluding carboxylic acids is 1. The lowest BCUT2D eigenvalue weighted by Crippen LogP contribution is -2.42. The summed E-state index contributed by atoms with van der Waals surface area (Å²) in [5.41, 5.74) is 2.12. The van der Waals surface area contributed by atoms with Gasteiger partial charge in [0.25, 0.3) is 0 Å². The molecule has 1 aromatic carbocycles. The van der Waals surface area contributed by atoms with Gasteiger partial charge < -0.3 is 20.2 Å². The van der Waals surface area contributed by atoms with Gasteiger partial charge in [-0.1, -0.05) is 30.3 Å². The van der Waals surface area contributed by atoms with Crippen LogP contribution < -0.4 is 10.6 Å². The molecule has 3 rings (SSSR count). The van der Waals surface area contributed by atoms with Crippen LogP contribution in [0.3, 0.4) is 0 Å². The molecule has 5 nitrogen and oxygen atoms in total. The Morgan fingerprint density at radius 2 is 2.13 bits per heavy atom. The van der Waals surface area contributed by atoms with E-state index >= 15 is 0 Å². The van der Waals surface area contributed by atoms with Gasteiger partial charge in [0, 0.05) is 24.9 Å². The van der Waals surface area contributed by atoms with Crippen molar-refractivity contribution in [3.63, 3.8) is 0 Å². The quantitative estimate of drug-likeness (QED) is 0.794. The first-order valence-corrected chi connectivity index (χ1v) is 8.05. The Kier molecular flexibility index (Phi) is 4.98. The number of rotatable bonds is 5. The molecule has 1 heterocycles. The summed E-state index contributed by atoms with van der Waals surface area (Å²) < 4.78 is 5.42. The van der Waals surface area contributed by atoms with Gasteiger partial charge in [-0.2, -0.15) is 0 Å². The first kappa shape index (κ1) is 15.6. The lowest BCUT2D eigenvalue weighted by Gasteiger charge is -2.23. The molecule has 2 amide bonds. The number of aliphatic hydroxyl groups is 1. The highest BCUT2D eigenvalue weighted by molar-refractivity contribution is 5.74. The van der Waals surface area contributed by atoms with E-state index in [1.807, 2.05) is 36.4 Å². The lowest BCUT2D eigenvalue weighted by molar-refractivity contribution is 0.169. The maximum absolute atomic E-state index is 12.0. The predicted octanol–water partition coefficient (Wildman–Crippen LogP) is 2.56. The van der Waals surface area contributed by atoms with Crippen molar-refractivity contribution in [2.75, 3.05) is 6.54 Å². The van der Waals surface area contributed by atoms with Crippen LogP contribution in [-0.4, -0.2) is 23.8 Å². The van der Waals surface area contributed by atoms with E-state index in [4.69, 9.17) is 4.42 Å². The molecule has 1 aromatic heterocycles. The highest BCUT2D eigenvalue weighted by atomic mass is 16.3. The van der Waals surface area contributed by atoms with E-state index in [1.54, 1.807) is 6.26 Å². The van der Waals surface area contributed by atoms with Gasteiger partial charge in [0.2, 0.25) is 0 Å². The van der Waals surface area contributed by atoms with E-state index < -0.39 is 6.10 Å². The van der Waals surface area contributed by atoms with Gasteiger partial charge in [-0.3, -0.25) is 0 Å². The number of hydrogen-bond acceptors (Lipinski definition) is 3. The summed E-state index contributed by atoms with van der Waals surface area (Å²) in [5.74, 6) is 0.964. The van der Waals surface area contributed by atoms with Gasteiger partial charge in [-0.05, 0) is 24.5 Å². The molecule has 0 saturated heterocycles. The minimum atomic E-state index is -0.598. The second-order valence-electron chi connectivity index (χ2n) is 5.94. The minimum Gasteiger partial charge on any atom is -0.469 e. The molecule has 1 aliphatic carbocycles. The molecule has 23 heavy (non-hydrogen) atoms. The average molecular weight is 314 g/mol. The zero-order chi connectivity index (χ0) is 16.1. The van der Waals surface area contributed by atoms with Crippen molar-refractivity contribution >= 4 is 6.03 Å². The Bertz CT molecular complexity index is 639. The normalized spacial score (nSPS) is 18.0. The maximum atomic E-state index is 12.0. The third kappa shape index (κ3) is 4.13. The number of furan rings is 1. The highest BCUT2D eigenvalue weighted by Crippen LogP contribution is 2.30. The molecule has 0 spiro atoms. The second kappa shape index (κ2) is 7.33. The standard InChI is InChI=1S/C18H22N2O3/c21-14(11-13-5-2-1-3-6-13)12-19-18(22)20-16-7-4-8-17-15(16)9-10-23-17/h1-3,5-6,9-10,14,16,21H,4,7-8,11-12H2,(H2,19,20,22). The molecule has 3 N–H and O–H groups in total. The molecule has 2 atom stereocenters. The number of aliphatic hydroxyl groups excluding tert-OH is 1. The maximum Gasteiger partial charge on any atom is 0.315 e. The van der Waals surface area contributed by atoms with Gasteiger partial charge in [0.15, 0.2) is 0 Å². The largest absolute Gasteiger partial charge is 0.469 e. The van der Waals surface area contributed by atoms with Crippen LogP contribution in [0.5, 0.6) is 0 Å². The van der Waals surface area contributed by atoms with Crippen molar-refractivity contribution in [1.29, 1.82) is 0 Å². The molecule has 1 aliphatic rings. The molecule has 0 fully saturated rings. The van der Waals surface area contributed by atoms with Crippen LogP contribution in [0.15, 0.2) is 47.1 Å². The van der Waals surface area contributed by atoms with Gasteiger partial charge in [0.05, 0.1) is 18.4 Å². The number of nitrogens with one attached hydrogen (secondary N) is 2. The molecule has 0 aliphatic heterocycles. The fourth-order valence-corrected chi connectivity index (χ4v) is 3.01. The molecule has 2 unspecified atom stereocenters. The van der Waals surface area contributed by atoms with E-state index in [1.165, 1.54) is 0 Å². The lowest BCUT2D eigenvalue weighted by atomic mass is 9.93. The summed E-state index contributed by atoms with van der Waals surface area (Å²) in [4.78, 5) is 12.0. The molecule has 2 aromatic rings. The van der Waals surface area contributed by atoms with E-state index in [-0.39, 0.29) is 18.6 Å². The zero-order valence-corrected chi connectivity index (χ0v) is 13.0. The topological polar surface area (TPSA) is 74.5 Å². The second-order valence-corrected chi connectivity index (χ2v) is 5.94. The average Bonchev–Trinajstić information content (AvgIpc) is 3.04. The first-order chi connectivity index (χ1) is 11.2. The zero-order valence-electron chi connectivity index (χ0n) is 13.0. The van der Waals surface area contributed by atoms with Crippen molar-refractivity contribution in [2.45, 2.75) is 37.8 Å². The summed E-state index contributed by atoms with van der Waals surface area (Å²) >= 11 is 0. The molecule has 0 bridgehead atoms. The van der Waals surface area contributed by atoms with E-state index in [0.717, 1.165) is 36.1 Å². The summed E-state index contributed by atoms with van der Waals surface area (Å²) in [6, 6.07) is 11.4. The first-order valence-electron chi connectivity index (χ1n) is 8.05. The number of amides is 2. The Balaban J connectivity index is 1.45. The van der Waals surface area contributed by atoms with Gasteiger partial charge in [0.1, 0.15) is 5.76 Å². The van der Waals surface area contributed by atoms with E-state index in [2.05, 4.69) is 10.6 Å². The van der Waals surface area contributed by atoms with Crippen molar-refractivity contribution in [3.05, 3.63) is 59.5 Å². The third-order valence-corrected chi connectivity index (χ3v) is 4.17. The molecule has 5 heteroatoms. The van der Waals surface area contributed by atoms with E-state index in [9.17, 15) is 9.90 Å². The van der Waals surface area contributed by atoms with Crippen LogP contribution in [0, 0.1) is 0 Å². The Morgan fingerprint density at radius 1 is 1.30 bits per heavy atom. The SMILES string of the molecule is O=C(NCC(O)Cc1ccccc1)NC1CCCc2occc21. The number of hydrogen-bond donors (Lipinski definition) is 3. The van der Waals surface area contributed by atoms with Gasteiger partial charge in [-0.15, -0.1) is 0 Å². The summed E-state index contributed by atoms with van der Waals surface area (Å²) in [6.45, 7) is 0.228. The Labute approximate surface area is 135 Å². The molecule has 0 saturated carbocycles. The Morgan fingerprint density at radius 3 is 2.96 bits per heavy atom. The summed E-state index contributed by atoms with van der Waals surface area (Å²) in [7, 11) is 0. The monoisotopic (exact) mass is 314 g/mol. The third-order valence-electron chi connectivity index (χ3n) is 4.17. The molecular formula is C18H22N2O3. The molecular weight excluding hydrogens is 292 g/mol. The fourth-order valence-electron chi connectivity index (χ4n) is 3.01. The van der Waals surface area contributed by atoms with Gasteiger partial charge in [-0.25, -0.2) is 4.79 Å². The van der Waals surface area contributed by atoms with Gasteiger partial charge >= 0.3 is 6.03 Å². The van der Waals surface area contributed by atoms with Crippen LogP contribution in [0.1, 0.15) is 35.8 Å². The highest BCUT2D eigenvalue weighted by Gasteiger charge is 2.24. The van der Waals surface area contributed by atoms with Crippen molar-refractivity contribution in [2.24, 2.45) is 0 Å². The number of fused-ring (bicyclic) bond motifs is 1. The number of aryl methyl sites for hydroxylation is 1. The number of urea groups is 1. The summed E-state index contributed by atoms with van der Waals surface area (Å²) in [6.07, 6.45) is 4.44. The predicted molar refractivity (Wildman–Crippen MR) is 87.1 cm³/mol. The van der Waals surface area contributed by atoms with E-state index in [0.29, 0.717) is 6.42 Å². The van der Waals surface area contributed by atoms with Crippen LogP contribution in [0.2, 0.25) is 0 Å². The minimum absolute atomic E-state index is 0.0104. The van der Waals surface area contributed by atoms with Crippen LogP contribution in [-0.2, 0) is 12.8 Å². The molecule has 0 radical (unpaired) electrons. The van der Waals surface area contributed by atoms with Crippen molar-refractivity contribution < 1.29 is 14.3 Å². The molecule has 122 valence electrons. The number of carbonyl (C=O) groups is 1. The van der Waals surface area contributed by atoms with Crippen LogP contribution in [0.4, 0.5) is 4.79 Å². The van der Waals surface area contributed by atoms with Crippen LogP contribution in [0.25, 0.3) is 0 Å². The van der Waals surface area contributed by atoms with Crippen LogP contribution >= 0.6 is 0 Å². The number of benzene rings is 1.